The van der Waals surface area contributed by atoms with Gasteiger partial charge in [0.05, 0.1) is 11.8 Å². The van der Waals surface area contributed by atoms with Gasteiger partial charge in [-0.3, -0.25) is 4.79 Å². The van der Waals surface area contributed by atoms with Crippen LogP contribution in [-0.2, 0) is 0 Å². The lowest BCUT2D eigenvalue weighted by Gasteiger charge is -1.95. The molecule has 2 aromatic heterocycles. The van der Waals surface area contributed by atoms with Crippen LogP contribution in [0.15, 0.2) is 51.5 Å². The summed E-state index contributed by atoms with van der Waals surface area (Å²) in [7, 11) is 0. The van der Waals surface area contributed by atoms with E-state index in [4.69, 9.17) is 8.83 Å². The number of hydrogen-bond donors (Lipinski definition) is 0. The standard InChI is InChI=1S/C14H10O3/c1-9-13(14(15)12-7-4-8-16-12)10-5-2-3-6-11(10)17-9/h2-8H,1H3. The summed E-state index contributed by atoms with van der Waals surface area (Å²) in [5.74, 6) is 0.810. The van der Waals surface area contributed by atoms with Crippen molar-refractivity contribution in [2.75, 3.05) is 0 Å². The maximum atomic E-state index is 12.2. The van der Waals surface area contributed by atoms with Crippen molar-refractivity contribution >= 4 is 16.8 Å². The Morgan fingerprint density at radius 2 is 1.94 bits per heavy atom. The van der Waals surface area contributed by atoms with Gasteiger partial charge in [0.15, 0.2) is 5.76 Å². The predicted octanol–water partition coefficient (Wildman–Crippen LogP) is 3.57. The van der Waals surface area contributed by atoms with Gasteiger partial charge in [0.2, 0.25) is 5.78 Å². The first-order valence-corrected chi connectivity index (χ1v) is 5.33. The average molecular weight is 226 g/mol. The van der Waals surface area contributed by atoms with Crippen LogP contribution in [0.3, 0.4) is 0 Å². The van der Waals surface area contributed by atoms with Crippen molar-refractivity contribution in [3.63, 3.8) is 0 Å². The van der Waals surface area contributed by atoms with Gasteiger partial charge in [-0.15, -0.1) is 0 Å². The number of para-hydroxylation sites is 1. The summed E-state index contributed by atoms with van der Waals surface area (Å²) in [4.78, 5) is 12.2. The fraction of sp³-hybridized carbons (Fsp3) is 0.0714. The monoisotopic (exact) mass is 226 g/mol. The van der Waals surface area contributed by atoms with Crippen molar-refractivity contribution in [2.24, 2.45) is 0 Å². The fourth-order valence-corrected chi connectivity index (χ4v) is 1.98. The summed E-state index contributed by atoms with van der Waals surface area (Å²) in [6.07, 6.45) is 1.49. The molecule has 1 aromatic carbocycles. The molecule has 0 aliphatic carbocycles. The number of carbonyl (C=O) groups excluding carboxylic acids is 1. The number of aryl methyl sites for hydroxylation is 1. The van der Waals surface area contributed by atoms with Crippen LogP contribution in [0.5, 0.6) is 0 Å². The summed E-state index contributed by atoms with van der Waals surface area (Å²) in [6, 6.07) is 10.8. The van der Waals surface area contributed by atoms with E-state index in [0.29, 0.717) is 17.1 Å². The Bertz CT molecular complexity index is 675. The lowest BCUT2D eigenvalue weighted by molar-refractivity contribution is 0.101. The van der Waals surface area contributed by atoms with Crippen molar-refractivity contribution in [3.05, 3.63) is 59.7 Å². The minimum Gasteiger partial charge on any atom is -0.461 e. The van der Waals surface area contributed by atoms with Crippen LogP contribution >= 0.6 is 0 Å². The van der Waals surface area contributed by atoms with E-state index >= 15 is 0 Å². The molecule has 0 unspecified atom stereocenters. The Hall–Kier alpha value is -2.29. The molecule has 2 heterocycles. The van der Waals surface area contributed by atoms with Crippen LogP contribution in [0.4, 0.5) is 0 Å². The summed E-state index contributed by atoms with van der Waals surface area (Å²) in [5.41, 5.74) is 1.30. The van der Waals surface area contributed by atoms with Crippen molar-refractivity contribution < 1.29 is 13.6 Å². The first-order valence-electron chi connectivity index (χ1n) is 5.33. The van der Waals surface area contributed by atoms with Crippen LogP contribution in [0, 0.1) is 6.92 Å². The zero-order chi connectivity index (χ0) is 11.8. The first kappa shape index (κ1) is 9.90. The predicted molar refractivity (Wildman–Crippen MR) is 63.1 cm³/mol. The van der Waals surface area contributed by atoms with Gasteiger partial charge in [-0.25, -0.2) is 0 Å². The zero-order valence-electron chi connectivity index (χ0n) is 9.27. The molecule has 0 saturated heterocycles. The molecule has 3 heteroatoms. The molecular weight excluding hydrogens is 216 g/mol. The van der Waals surface area contributed by atoms with E-state index in [1.54, 1.807) is 19.1 Å². The number of rotatable bonds is 2. The van der Waals surface area contributed by atoms with E-state index in [0.717, 1.165) is 11.0 Å². The number of carbonyl (C=O) groups is 1. The Morgan fingerprint density at radius 3 is 2.71 bits per heavy atom. The zero-order valence-corrected chi connectivity index (χ0v) is 9.27. The van der Waals surface area contributed by atoms with Gasteiger partial charge in [-0.05, 0) is 25.1 Å². The van der Waals surface area contributed by atoms with Crippen molar-refractivity contribution in [3.8, 4) is 0 Å². The molecule has 0 fully saturated rings. The van der Waals surface area contributed by atoms with Crippen LogP contribution in [0.1, 0.15) is 21.9 Å². The van der Waals surface area contributed by atoms with Gasteiger partial charge in [0, 0.05) is 5.39 Å². The molecule has 3 nitrogen and oxygen atoms in total. The lowest BCUT2D eigenvalue weighted by atomic mass is 10.1. The van der Waals surface area contributed by atoms with Gasteiger partial charge < -0.3 is 8.83 Å². The second kappa shape index (κ2) is 3.63. The summed E-state index contributed by atoms with van der Waals surface area (Å²) < 4.78 is 10.7. The van der Waals surface area contributed by atoms with Gasteiger partial charge >= 0.3 is 0 Å². The van der Waals surface area contributed by atoms with E-state index in [1.807, 2.05) is 24.3 Å². The van der Waals surface area contributed by atoms with E-state index in [9.17, 15) is 4.79 Å². The molecule has 0 bridgehead atoms. The summed E-state index contributed by atoms with van der Waals surface area (Å²) in [5, 5.41) is 0.825. The van der Waals surface area contributed by atoms with E-state index in [-0.39, 0.29) is 5.78 Å². The van der Waals surface area contributed by atoms with Crippen molar-refractivity contribution in [2.45, 2.75) is 6.92 Å². The summed E-state index contributed by atoms with van der Waals surface area (Å²) in [6.45, 7) is 1.79. The van der Waals surface area contributed by atoms with Crippen molar-refractivity contribution in [1.29, 1.82) is 0 Å². The number of hydrogen-bond acceptors (Lipinski definition) is 3. The Labute approximate surface area is 97.7 Å². The number of ketones is 1. The third-order valence-corrected chi connectivity index (χ3v) is 2.74. The molecule has 0 amide bonds. The van der Waals surface area contributed by atoms with E-state index < -0.39 is 0 Å². The van der Waals surface area contributed by atoms with Crippen molar-refractivity contribution in [1.82, 2.24) is 0 Å². The molecule has 0 saturated carbocycles. The quantitative estimate of drug-likeness (QED) is 0.627. The summed E-state index contributed by atoms with van der Waals surface area (Å²) >= 11 is 0. The Balaban J connectivity index is 2.24. The smallest absolute Gasteiger partial charge is 0.232 e. The highest BCUT2D eigenvalue weighted by atomic mass is 16.3. The third-order valence-electron chi connectivity index (χ3n) is 2.74. The first-order chi connectivity index (χ1) is 8.27. The molecule has 3 rings (SSSR count). The molecular formula is C14H10O3. The molecule has 0 spiro atoms. The average Bonchev–Trinajstić information content (AvgIpc) is 2.94. The third kappa shape index (κ3) is 1.47. The van der Waals surface area contributed by atoms with Crippen LogP contribution in [0.25, 0.3) is 11.0 Å². The van der Waals surface area contributed by atoms with Gasteiger partial charge in [-0.1, -0.05) is 18.2 Å². The van der Waals surface area contributed by atoms with Gasteiger partial charge in [-0.2, -0.15) is 0 Å². The highest BCUT2D eigenvalue weighted by Gasteiger charge is 2.20. The number of furan rings is 2. The number of fused-ring (bicyclic) bond motifs is 1. The molecule has 17 heavy (non-hydrogen) atoms. The van der Waals surface area contributed by atoms with E-state index in [2.05, 4.69) is 0 Å². The Kier molecular flexibility index (Phi) is 2.11. The lowest BCUT2D eigenvalue weighted by Crippen LogP contribution is -2.00. The molecule has 0 aliphatic heterocycles. The normalized spacial score (nSPS) is 10.9. The largest absolute Gasteiger partial charge is 0.461 e. The minimum absolute atomic E-state index is 0.141. The van der Waals surface area contributed by atoms with E-state index in [1.165, 1.54) is 6.26 Å². The van der Waals surface area contributed by atoms with Crippen LogP contribution in [0.2, 0.25) is 0 Å². The van der Waals surface area contributed by atoms with Gasteiger partial charge in [0.25, 0.3) is 0 Å². The molecule has 0 radical (unpaired) electrons. The molecule has 0 atom stereocenters. The van der Waals surface area contributed by atoms with Crippen LogP contribution in [-0.4, -0.2) is 5.78 Å². The maximum Gasteiger partial charge on any atom is 0.232 e. The number of benzene rings is 1. The van der Waals surface area contributed by atoms with Crippen LogP contribution < -0.4 is 0 Å². The molecule has 0 N–H and O–H groups in total. The van der Waals surface area contributed by atoms with Gasteiger partial charge in [0.1, 0.15) is 11.3 Å². The molecule has 0 aliphatic rings. The highest BCUT2D eigenvalue weighted by Crippen LogP contribution is 2.27. The molecule has 3 aromatic rings. The highest BCUT2D eigenvalue weighted by molar-refractivity contribution is 6.15. The maximum absolute atomic E-state index is 12.2. The minimum atomic E-state index is -0.141. The second-order valence-corrected chi connectivity index (χ2v) is 3.84. The molecule has 84 valence electrons. The fourth-order valence-electron chi connectivity index (χ4n) is 1.98. The Morgan fingerprint density at radius 1 is 1.12 bits per heavy atom. The topological polar surface area (TPSA) is 43.4 Å². The SMILES string of the molecule is Cc1oc2ccccc2c1C(=O)c1ccco1. The second-order valence-electron chi connectivity index (χ2n) is 3.84.